The van der Waals surface area contributed by atoms with Gasteiger partial charge in [0.2, 0.25) is 5.91 Å². The van der Waals surface area contributed by atoms with Crippen LogP contribution in [0.4, 0.5) is 13.2 Å². The summed E-state index contributed by atoms with van der Waals surface area (Å²) in [7, 11) is 0. The third-order valence-corrected chi connectivity index (χ3v) is 7.57. The lowest BCUT2D eigenvalue weighted by Gasteiger charge is -2.26. The van der Waals surface area contributed by atoms with E-state index >= 15 is 0 Å². The number of amides is 1. The molecule has 2 atom stereocenters. The van der Waals surface area contributed by atoms with Crippen molar-refractivity contribution in [3.8, 4) is 0 Å². The first kappa shape index (κ1) is 30.0. The Bertz CT molecular complexity index is 1140. The van der Waals surface area contributed by atoms with E-state index in [2.05, 4.69) is 17.2 Å². The molecule has 12 heteroatoms. The maximum atomic E-state index is 12.5. The molecule has 3 aromatic rings. The second-order valence-electron chi connectivity index (χ2n) is 7.75. The number of carbonyl (C=O) groups excluding carboxylic acids is 2. The fourth-order valence-corrected chi connectivity index (χ4v) is 5.11. The van der Waals surface area contributed by atoms with Gasteiger partial charge in [0.1, 0.15) is 5.97 Å². The highest BCUT2D eigenvalue weighted by Crippen LogP contribution is 2.27. The number of carbonyl (C=O) groups is 2. The number of aromatic nitrogens is 1. The molecule has 1 amide bonds. The van der Waals surface area contributed by atoms with Gasteiger partial charge in [-0.3, -0.25) is 4.79 Å². The molecule has 3 rings (SSSR count). The average molecular weight is 579 g/mol. The standard InChI is InChI=1S/C22H22Cl2N2OS2.C2HF3O2/c1-14-12-28-22(25-14)29-13-21(27)26-15(2)20(17-5-9-19(24)10-6-17)11-16-3-7-18(23)8-4-16;3-2(4,5)1(6)7/h3-10,12,15,20H,11,13H2,1-2H3,(H,26,27);(H,6,7)/t15-,20+;/m1./s1. The summed E-state index contributed by atoms with van der Waals surface area (Å²) in [4.78, 5) is 24.6. The van der Waals surface area contributed by atoms with E-state index in [1.54, 1.807) is 11.3 Å². The zero-order valence-electron chi connectivity index (χ0n) is 19.2. The van der Waals surface area contributed by atoms with Crippen molar-refractivity contribution in [2.45, 2.75) is 42.7 Å². The Morgan fingerprint density at radius 2 is 1.61 bits per heavy atom. The average Bonchev–Trinajstić information content (AvgIpc) is 3.23. The number of aromatic amines is 1. The third-order valence-electron chi connectivity index (χ3n) is 4.87. The van der Waals surface area contributed by atoms with E-state index in [4.69, 9.17) is 33.1 Å². The van der Waals surface area contributed by atoms with E-state index in [9.17, 15) is 18.0 Å². The molecular weight excluding hydrogens is 556 g/mol. The summed E-state index contributed by atoms with van der Waals surface area (Å²) in [6, 6.07) is 15.7. The van der Waals surface area contributed by atoms with E-state index < -0.39 is 12.1 Å². The van der Waals surface area contributed by atoms with Crippen LogP contribution in [0, 0.1) is 6.92 Å². The minimum atomic E-state index is -5.19. The molecule has 0 bridgehead atoms. The lowest BCUT2D eigenvalue weighted by atomic mass is 9.86. The maximum absolute atomic E-state index is 12.5. The third kappa shape index (κ3) is 10.4. The van der Waals surface area contributed by atoms with Gasteiger partial charge in [0, 0.05) is 28.9 Å². The molecule has 0 spiro atoms. The van der Waals surface area contributed by atoms with Gasteiger partial charge in [-0.15, -0.1) is 0 Å². The number of carboxylic acids is 1. The number of halogens is 5. The summed E-state index contributed by atoms with van der Waals surface area (Å²) in [5.74, 6) is -2.47. The molecule has 0 aliphatic heterocycles. The highest BCUT2D eigenvalue weighted by molar-refractivity contribution is 8.01. The van der Waals surface area contributed by atoms with Crippen LogP contribution >= 0.6 is 46.3 Å². The Hall–Kier alpha value is -2.27. The number of H-pyrrole nitrogens is 1. The van der Waals surface area contributed by atoms with Gasteiger partial charge < -0.3 is 15.2 Å². The first-order chi connectivity index (χ1) is 16.8. The number of rotatable bonds is 8. The van der Waals surface area contributed by atoms with Gasteiger partial charge in [0.15, 0.2) is 5.69 Å². The molecule has 0 fully saturated rings. The molecule has 2 N–H and O–H groups in total. The van der Waals surface area contributed by atoms with Gasteiger partial charge in [-0.25, -0.2) is 0 Å². The van der Waals surface area contributed by atoms with Gasteiger partial charge in [-0.2, -0.15) is 18.2 Å². The zero-order valence-corrected chi connectivity index (χ0v) is 22.3. The molecule has 0 saturated heterocycles. The van der Waals surface area contributed by atoms with Crippen LogP contribution in [0.1, 0.15) is 29.7 Å². The molecule has 194 valence electrons. The van der Waals surface area contributed by atoms with Crippen molar-refractivity contribution in [1.82, 2.24) is 5.32 Å². The van der Waals surface area contributed by atoms with Crippen LogP contribution < -0.4 is 15.4 Å². The number of aliphatic carboxylic acids is 1. The van der Waals surface area contributed by atoms with Crippen LogP contribution in [0.15, 0.2) is 58.3 Å². The molecule has 0 aliphatic carbocycles. The van der Waals surface area contributed by atoms with Crippen molar-refractivity contribution in [3.63, 3.8) is 0 Å². The first-order valence-corrected chi connectivity index (χ1v) is 13.1. The topological polar surface area (TPSA) is 83.4 Å². The molecule has 5 nitrogen and oxygen atoms in total. The number of aryl methyl sites for hydroxylation is 1. The molecule has 36 heavy (non-hydrogen) atoms. The molecule has 1 heterocycles. The van der Waals surface area contributed by atoms with Crippen LogP contribution in [-0.4, -0.2) is 29.8 Å². The van der Waals surface area contributed by atoms with Gasteiger partial charge in [-0.1, -0.05) is 58.8 Å². The zero-order chi connectivity index (χ0) is 26.9. The predicted molar refractivity (Wildman–Crippen MR) is 134 cm³/mol. The van der Waals surface area contributed by atoms with Crippen molar-refractivity contribution in [2.24, 2.45) is 0 Å². The molecule has 1 aromatic heterocycles. The van der Waals surface area contributed by atoms with Crippen molar-refractivity contribution in [3.05, 3.63) is 80.8 Å². The second-order valence-corrected chi connectivity index (χ2v) is 10.7. The van der Waals surface area contributed by atoms with Gasteiger partial charge >= 0.3 is 6.18 Å². The highest BCUT2D eigenvalue weighted by atomic mass is 35.5. The fourth-order valence-electron chi connectivity index (χ4n) is 3.13. The lowest BCUT2D eigenvalue weighted by molar-refractivity contribution is -0.425. The van der Waals surface area contributed by atoms with E-state index in [-0.39, 0.29) is 17.9 Å². The minimum absolute atomic E-state index is 0.0250. The molecular formula is C24H23Cl2F3N2O3S2. The SMILES string of the molecule is Cc1csc(SCC(=O)N[C@H](C)[C@H](Cc2ccc(Cl)cc2)c2ccc(Cl)cc2)[nH+]1.O=C([O-])C(F)(F)F. The van der Waals surface area contributed by atoms with Crippen LogP contribution in [0.5, 0.6) is 0 Å². The quantitative estimate of drug-likeness (QED) is 0.377. The number of hydrogen-bond acceptors (Lipinski definition) is 5. The normalized spacial score (nSPS) is 12.8. The lowest BCUT2D eigenvalue weighted by Crippen LogP contribution is -2.39. The number of thioether (sulfide) groups is 1. The Kier molecular flexibility index (Phi) is 11.5. The Balaban J connectivity index is 0.000000572. The van der Waals surface area contributed by atoms with Crippen LogP contribution in [0.3, 0.4) is 0 Å². The monoisotopic (exact) mass is 578 g/mol. The number of alkyl halides is 3. The number of thiazole rings is 1. The van der Waals surface area contributed by atoms with E-state index in [1.807, 2.05) is 60.8 Å². The summed E-state index contributed by atoms with van der Waals surface area (Å²) in [5, 5.41) is 15.4. The highest BCUT2D eigenvalue weighted by Gasteiger charge is 2.28. The number of nitrogens with one attached hydrogen (secondary N) is 2. The summed E-state index contributed by atoms with van der Waals surface area (Å²) in [6.07, 6.45) is -4.40. The van der Waals surface area contributed by atoms with Crippen molar-refractivity contribution in [1.29, 1.82) is 0 Å². The Morgan fingerprint density at radius 3 is 2.08 bits per heavy atom. The maximum Gasteiger partial charge on any atom is 0.430 e. The van der Waals surface area contributed by atoms with Crippen molar-refractivity contribution in [2.75, 3.05) is 5.75 Å². The summed E-state index contributed by atoms with van der Waals surface area (Å²) in [5.41, 5.74) is 3.43. The molecule has 2 aromatic carbocycles. The predicted octanol–water partition coefficient (Wildman–Crippen LogP) is 5.10. The minimum Gasteiger partial charge on any atom is -0.542 e. The van der Waals surface area contributed by atoms with Gasteiger partial charge in [-0.05, 0) is 60.5 Å². The van der Waals surface area contributed by atoms with Crippen LogP contribution in [-0.2, 0) is 16.0 Å². The number of hydrogen-bond donors (Lipinski definition) is 1. The largest absolute Gasteiger partial charge is 0.542 e. The number of carboxylic acid groups (broad SMARTS) is 1. The van der Waals surface area contributed by atoms with Crippen LogP contribution in [0.2, 0.25) is 10.0 Å². The Labute approximate surface area is 225 Å². The molecule has 0 aliphatic rings. The Morgan fingerprint density at radius 1 is 1.08 bits per heavy atom. The van der Waals surface area contributed by atoms with Crippen molar-refractivity contribution < 1.29 is 32.9 Å². The second kappa shape index (κ2) is 13.9. The smallest absolute Gasteiger partial charge is 0.430 e. The van der Waals surface area contributed by atoms with E-state index in [0.717, 1.165) is 27.0 Å². The van der Waals surface area contributed by atoms with Crippen LogP contribution in [0.25, 0.3) is 0 Å². The fraction of sp³-hybridized carbons (Fsp3) is 0.292. The van der Waals surface area contributed by atoms with Gasteiger partial charge in [0.05, 0.1) is 11.1 Å². The molecule has 0 radical (unpaired) electrons. The summed E-state index contributed by atoms with van der Waals surface area (Å²) >= 11 is 15.2. The van der Waals surface area contributed by atoms with E-state index in [1.165, 1.54) is 17.3 Å². The molecule has 0 unspecified atom stereocenters. The van der Waals surface area contributed by atoms with E-state index in [0.29, 0.717) is 10.8 Å². The molecule has 0 saturated carbocycles. The summed E-state index contributed by atoms with van der Waals surface area (Å²) < 4.78 is 32.6. The summed E-state index contributed by atoms with van der Waals surface area (Å²) in [6.45, 7) is 4.06. The van der Waals surface area contributed by atoms with Crippen molar-refractivity contribution >= 4 is 58.2 Å². The first-order valence-electron chi connectivity index (χ1n) is 10.5. The number of benzene rings is 2. The van der Waals surface area contributed by atoms with Gasteiger partial charge in [0.25, 0.3) is 4.34 Å².